The molecule has 144 valence electrons. The molecule has 0 spiro atoms. The maximum absolute atomic E-state index is 12.5. The Balaban J connectivity index is 1.43. The molecule has 4 rings (SSSR count). The number of fused-ring (bicyclic) bond motifs is 3. The average Bonchev–Trinajstić information content (AvgIpc) is 3.23. The van der Waals surface area contributed by atoms with Gasteiger partial charge in [-0.05, 0) is 30.7 Å². The number of aliphatic hydroxyl groups is 1. The Hall–Kier alpha value is -2.14. The first-order valence-corrected chi connectivity index (χ1v) is 9.95. The summed E-state index contributed by atoms with van der Waals surface area (Å²) in [5, 5.41) is 11.0. The van der Waals surface area contributed by atoms with Crippen molar-refractivity contribution >= 4 is 5.91 Å². The van der Waals surface area contributed by atoms with Crippen molar-refractivity contribution in [1.82, 2.24) is 14.5 Å². The van der Waals surface area contributed by atoms with Crippen LogP contribution in [0.5, 0.6) is 0 Å². The maximum Gasteiger partial charge on any atom is 0.227 e. The molecule has 1 N–H and O–H groups in total. The first kappa shape index (κ1) is 18.2. The van der Waals surface area contributed by atoms with Gasteiger partial charge in [0, 0.05) is 24.1 Å². The molecule has 2 aliphatic rings. The van der Waals surface area contributed by atoms with Gasteiger partial charge >= 0.3 is 0 Å². The van der Waals surface area contributed by atoms with Gasteiger partial charge in [0.15, 0.2) is 0 Å². The molecule has 1 amide bonds. The van der Waals surface area contributed by atoms with E-state index < -0.39 is 0 Å². The Kier molecular flexibility index (Phi) is 4.58. The molecule has 2 aromatic rings. The van der Waals surface area contributed by atoms with Crippen LogP contribution in [-0.4, -0.2) is 44.7 Å². The average molecular weight is 367 g/mol. The molecule has 1 aromatic heterocycles. The molecular formula is C22H29N3O2. The third-order valence-corrected chi connectivity index (χ3v) is 6.07. The number of benzene rings is 1. The Morgan fingerprint density at radius 3 is 2.67 bits per heavy atom. The summed E-state index contributed by atoms with van der Waals surface area (Å²) in [5.74, 6) is 0.456. The zero-order valence-corrected chi connectivity index (χ0v) is 16.4. The largest absolute Gasteiger partial charge is 0.393 e. The second-order valence-corrected chi connectivity index (χ2v) is 8.97. The quantitative estimate of drug-likeness (QED) is 0.903. The number of aromatic nitrogens is 2. The summed E-state index contributed by atoms with van der Waals surface area (Å²) >= 11 is 0. The molecular weight excluding hydrogens is 338 g/mol. The number of likely N-dealkylation sites (tertiary alicyclic amines) is 1. The van der Waals surface area contributed by atoms with E-state index in [0.717, 1.165) is 31.6 Å². The van der Waals surface area contributed by atoms with E-state index in [1.807, 2.05) is 38.2 Å². The van der Waals surface area contributed by atoms with Gasteiger partial charge in [-0.3, -0.25) is 4.79 Å². The van der Waals surface area contributed by atoms with Gasteiger partial charge in [-0.2, -0.15) is 0 Å². The molecule has 0 bridgehead atoms. The molecule has 0 aliphatic carbocycles. The van der Waals surface area contributed by atoms with Crippen molar-refractivity contribution in [1.29, 1.82) is 0 Å². The molecule has 5 heteroatoms. The van der Waals surface area contributed by atoms with E-state index in [2.05, 4.69) is 33.8 Å². The lowest BCUT2D eigenvalue weighted by Gasteiger charge is -2.37. The highest BCUT2D eigenvalue weighted by Gasteiger charge is 2.35. The van der Waals surface area contributed by atoms with Gasteiger partial charge in [0.1, 0.15) is 0 Å². The number of nitrogens with zero attached hydrogens (tertiary/aromatic N) is 3. The van der Waals surface area contributed by atoms with Crippen LogP contribution in [0.1, 0.15) is 51.6 Å². The molecule has 2 aliphatic heterocycles. The normalized spacial score (nSPS) is 21.0. The zero-order chi connectivity index (χ0) is 19.2. The molecule has 2 unspecified atom stereocenters. The second-order valence-electron chi connectivity index (χ2n) is 8.97. The predicted molar refractivity (Wildman–Crippen MR) is 105 cm³/mol. The van der Waals surface area contributed by atoms with Crippen LogP contribution in [0.25, 0.3) is 11.3 Å². The lowest BCUT2D eigenvalue weighted by atomic mass is 9.85. The summed E-state index contributed by atoms with van der Waals surface area (Å²) in [6, 6.07) is 8.55. The Morgan fingerprint density at radius 2 is 1.96 bits per heavy atom. The molecule has 3 heterocycles. The van der Waals surface area contributed by atoms with E-state index in [4.69, 9.17) is 0 Å². The lowest BCUT2D eigenvalue weighted by molar-refractivity contribution is -0.141. The maximum atomic E-state index is 12.5. The number of carbonyl (C=O) groups excluding carboxylic acids is 1. The van der Waals surface area contributed by atoms with Crippen LogP contribution in [0.4, 0.5) is 0 Å². The minimum Gasteiger partial charge on any atom is -0.393 e. The van der Waals surface area contributed by atoms with E-state index in [-0.39, 0.29) is 29.4 Å². The monoisotopic (exact) mass is 367 g/mol. The summed E-state index contributed by atoms with van der Waals surface area (Å²) < 4.78 is 2.19. The van der Waals surface area contributed by atoms with Gasteiger partial charge in [0.2, 0.25) is 5.91 Å². The fourth-order valence-corrected chi connectivity index (χ4v) is 4.56. The highest BCUT2D eigenvalue weighted by Crippen LogP contribution is 2.42. The molecule has 27 heavy (non-hydrogen) atoms. The second kappa shape index (κ2) is 6.79. The SMILES string of the molecule is CC(C)(C)C(=O)N1CCC(C(O)CC2c3ccccc3-c3cncn32)CC1. The van der Waals surface area contributed by atoms with Crippen molar-refractivity contribution in [2.75, 3.05) is 13.1 Å². The third kappa shape index (κ3) is 3.29. The van der Waals surface area contributed by atoms with E-state index in [1.54, 1.807) is 0 Å². The fourth-order valence-electron chi connectivity index (χ4n) is 4.56. The van der Waals surface area contributed by atoms with Gasteiger partial charge < -0.3 is 14.6 Å². The van der Waals surface area contributed by atoms with E-state index in [1.165, 1.54) is 11.1 Å². The Bertz CT molecular complexity index is 828. The van der Waals surface area contributed by atoms with Crippen molar-refractivity contribution in [3.63, 3.8) is 0 Å². The number of amides is 1. The van der Waals surface area contributed by atoms with Crippen LogP contribution in [-0.2, 0) is 4.79 Å². The van der Waals surface area contributed by atoms with Crippen molar-refractivity contribution in [3.8, 4) is 11.3 Å². The first-order chi connectivity index (χ1) is 12.9. The molecule has 1 fully saturated rings. The topological polar surface area (TPSA) is 58.4 Å². The van der Waals surface area contributed by atoms with Crippen LogP contribution in [0.2, 0.25) is 0 Å². The minimum absolute atomic E-state index is 0.142. The number of hydrogen-bond donors (Lipinski definition) is 1. The summed E-state index contributed by atoms with van der Waals surface area (Å²) in [4.78, 5) is 18.7. The number of rotatable bonds is 3. The van der Waals surface area contributed by atoms with E-state index in [9.17, 15) is 9.90 Å². The van der Waals surface area contributed by atoms with Crippen LogP contribution in [0.15, 0.2) is 36.8 Å². The Morgan fingerprint density at radius 1 is 1.26 bits per heavy atom. The van der Waals surface area contributed by atoms with E-state index in [0.29, 0.717) is 6.42 Å². The standard InChI is InChI=1S/C22H29N3O2/c1-22(2,3)21(27)24-10-8-15(9-11-24)20(26)12-18-16-6-4-5-7-17(16)19-13-23-14-25(18)19/h4-7,13-15,18,20,26H,8-12H2,1-3H3. The number of imidazole rings is 1. The van der Waals surface area contributed by atoms with Crippen LogP contribution in [0.3, 0.4) is 0 Å². The smallest absolute Gasteiger partial charge is 0.227 e. The fraction of sp³-hybridized carbons (Fsp3) is 0.545. The molecule has 0 saturated carbocycles. The van der Waals surface area contributed by atoms with Crippen molar-refractivity contribution in [2.45, 2.75) is 52.2 Å². The van der Waals surface area contributed by atoms with Crippen molar-refractivity contribution in [2.24, 2.45) is 11.3 Å². The van der Waals surface area contributed by atoms with Crippen molar-refractivity contribution < 1.29 is 9.90 Å². The summed E-state index contributed by atoms with van der Waals surface area (Å²) in [5.41, 5.74) is 3.29. The summed E-state index contributed by atoms with van der Waals surface area (Å²) in [6.07, 6.45) is 5.84. The summed E-state index contributed by atoms with van der Waals surface area (Å²) in [7, 11) is 0. The Labute approximate surface area is 161 Å². The van der Waals surface area contributed by atoms with Gasteiger partial charge in [-0.1, -0.05) is 45.0 Å². The van der Waals surface area contributed by atoms with Crippen LogP contribution < -0.4 is 0 Å². The minimum atomic E-state index is -0.372. The van der Waals surface area contributed by atoms with Gasteiger partial charge in [-0.25, -0.2) is 4.98 Å². The molecule has 2 atom stereocenters. The lowest BCUT2D eigenvalue weighted by Crippen LogP contribution is -2.45. The van der Waals surface area contributed by atoms with Crippen LogP contribution >= 0.6 is 0 Å². The van der Waals surface area contributed by atoms with E-state index >= 15 is 0 Å². The summed E-state index contributed by atoms with van der Waals surface area (Å²) in [6.45, 7) is 7.40. The van der Waals surface area contributed by atoms with Crippen LogP contribution in [0, 0.1) is 11.3 Å². The molecule has 5 nitrogen and oxygen atoms in total. The van der Waals surface area contributed by atoms with Gasteiger partial charge in [0.25, 0.3) is 0 Å². The highest BCUT2D eigenvalue weighted by atomic mass is 16.3. The predicted octanol–water partition coefficient (Wildman–Crippen LogP) is 3.49. The molecule has 1 saturated heterocycles. The molecule has 1 aromatic carbocycles. The van der Waals surface area contributed by atoms with Gasteiger partial charge in [0.05, 0.1) is 30.4 Å². The number of hydrogen-bond acceptors (Lipinski definition) is 3. The number of carbonyl (C=O) groups is 1. The van der Waals surface area contributed by atoms with Crippen molar-refractivity contribution in [3.05, 3.63) is 42.4 Å². The number of piperidine rings is 1. The third-order valence-electron chi connectivity index (χ3n) is 6.07. The first-order valence-electron chi connectivity index (χ1n) is 9.95. The molecule has 0 radical (unpaired) electrons. The number of aliphatic hydroxyl groups excluding tert-OH is 1. The van der Waals surface area contributed by atoms with Gasteiger partial charge in [-0.15, -0.1) is 0 Å². The zero-order valence-electron chi connectivity index (χ0n) is 16.4. The highest BCUT2D eigenvalue weighted by molar-refractivity contribution is 5.81.